The number of carbonyl (C=O) groups is 2. The minimum Gasteiger partial charge on any atom is -0.366 e. The van der Waals surface area contributed by atoms with E-state index in [1.54, 1.807) is 18.5 Å². The monoisotopic (exact) mass is 460 g/mol. The van der Waals surface area contributed by atoms with Gasteiger partial charge in [-0.05, 0) is 43.7 Å². The molecule has 2 aromatic heterocycles. The summed E-state index contributed by atoms with van der Waals surface area (Å²) in [6.07, 6.45) is 0. The highest BCUT2D eigenvalue weighted by atomic mass is 19.1. The van der Waals surface area contributed by atoms with E-state index in [0.717, 1.165) is 18.2 Å². The molecule has 2 aromatic carbocycles. The summed E-state index contributed by atoms with van der Waals surface area (Å²) in [5.74, 6) is -2.93. The van der Waals surface area contributed by atoms with E-state index in [9.17, 15) is 23.6 Å². The second kappa shape index (κ2) is 8.37. The summed E-state index contributed by atoms with van der Waals surface area (Å²) < 4.78 is 28.9. The van der Waals surface area contributed by atoms with Crippen molar-refractivity contribution in [2.24, 2.45) is 11.5 Å². The first-order valence-corrected chi connectivity index (χ1v) is 10.1. The Kier molecular flexibility index (Phi) is 5.55. The van der Waals surface area contributed by atoms with E-state index in [0.29, 0.717) is 22.5 Å². The standard InChI is InChI=1S/C24H18F2N6O2/c1-11-19(12(2)32(31-11)10-13-3-4-15(25)7-14(13)9-27)21-20(23(28)33)17-6-5-16(26)8-18(17)30-22(21)24(29)34/h3-8H,10H2,1-2H3,(H2,28,33)(H2,29,34). The Morgan fingerprint density at radius 3 is 2.35 bits per heavy atom. The van der Waals surface area contributed by atoms with Crippen LogP contribution in [0.4, 0.5) is 8.78 Å². The van der Waals surface area contributed by atoms with E-state index in [-0.39, 0.29) is 39.8 Å². The molecule has 4 N–H and O–H groups in total. The van der Waals surface area contributed by atoms with Crippen molar-refractivity contribution in [3.63, 3.8) is 0 Å². The quantitative estimate of drug-likeness (QED) is 0.471. The molecule has 0 saturated heterocycles. The number of nitriles is 1. The molecule has 2 heterocycles. The summed E-state index contributed by atoms with van der Waals surface area (Å²) >= 11 is 0. The van der Waals surface area contributed by atoms with Gasteiger partial charge in [-0.15, -0.1) is 0 Å². The summed E-state index contributed by atoms with van der Waals surface area (Å²) in [5, 5.41) is 14.1. The Hall–Kier alpha value is -4.65. The largest absolute Gasteiger partial charge is 0.366 e. The summed E-state index contributed by atoms with van der Waals surface area (Å²) in [5.41, 5.74) is 13.2. The molecule has 0 radical (unpaired) electrons. The van der Waals surface area contributed by atoms with Crippen molar-refractivity contribution >= 4 is 22.7 Å². The zero-order valence-electron chi connectivity index (χ0n) is 18.2. The Morgan fingerprint density at radius 1 is 1.03 bits per heavy atom. The number of aryl methyl sites for hydroxylation is 1. The molecule has 2 amide bonds. The molecule has 170 valence electrons. The Morgan fingerprint density at radius 2 is 1.71 bits per heavy atom. The summed E-state index contributed by atoms with van der Waals surface area (Å²) in [6.45, 7) is 3.49. The fraction of sp³-hybridized carbons (Fsp3) is 0.125. The number of rotatable bonds is 5. The molecule has 4 aromatic rings. The van der Waals surface area contributed by atoms with E-state index in [1.807, 2.05) is 6.07 Å². The van der Waals surface area contributed by atoms with Crippen LogP contribution >= 0.6 is 0 Å². The number of halogens is 2. The van der Waals surface area contributed by atoms with E-state index in [2.05, 4.69) is 10.1 Å². The van der Waals surface area contributed by atoms with E-state index >= 15 is 0 Å². The van der Waals surface area contributed by atoms with Crippen LogP contribution in [0.2, 0.25) is 0 Å². The van der Waals surface area contributed by atoms with Crippen LogP contribution in [0.25, 0.3) is 22.0 Å². The smallest absolute Gasteiger partial charge is 0.267 e. The highest BCUT2D eigenvalue weighted by Gasteiger charge is 2.28. The minimum atomic E-state index is -0.930. The van der Waals surface area contributed by atoms with Gasteiger partial charge >= 0.3 is 0 Å². The molecule has 0 aliphatic heterocycles. The number of aromatic nitrogens is 3. The Labute approximate surface area is 192 Å². The summed E-state index contributed by atoms with van der Waals surface area (Å²) in [4.78, 5) is 29.1. The van der Waals surface area contributed by atoms with Crippen LogP contribution in [-0.2, 0) is 6.54 Å². The number of carbonyl (C=O) groups excluding carboxylic acids is 2. The van der Waals surface area contributed by atoms with Crippen molar-refractivity contribution in [1.82, 2.24) is 14.8 Å². The third kappa shape index (κ3) is 3.73. The van der Waals surface area contributed by atoms with Gasteiger partial charge in [-0.25, -0.2) is 13.8 Å². The molecule has 34 heavy (non-hydrogen) atoms. The van der Waals surface area contributed by atoms with Gasteiger partial charge in [0.1, 0.15) is 17.3 Å². The van der Waals surface area contributed by atoms with Crippen LogP contribution in [0.1, 0.15) is 43.4 Å². The summed E-state index contributed by atoms with van der Waals surface area (Å²) in [6, 6.07) is 9.42. The van der Waals surface area contributed by atoms with Crippen molar-refractivity contribution in [2.45, 2.75) is 20.4 Å². The Bertz CT molecular complexity index is 1550. The second-order valence-corrected chi connectivity index (χ2v) is 7.72. The number of amides is 2. The zero-order valence-corrected chi connectivity index (χ0v) is 18.2. The number of nitrogens with zero attached hydrogens (tertiary/aromatic N) is 4. The number of hydrogen-bond acceptors (Lipinski definition) is 5. The van der Waals surface area contributed by atoms with Gasteiger partial charge in [-0.1, -0.05) is 6.07 Å². The topological polar surface area (TPSA) is 141 Å². The first-order valence-electron chi connectivity index (χ1n) is 10.1. The molecule has 0 unspecified atom stereocenters. The molecule has 0 aliphatic rings. The molecule has 0 bridgehead atoms. The lowest BCUT2D eigenvalue weighted by atomic mass is 9.92. The third-order valence-corrected chi connectivity index (χ3v) is 5.57. The van der Waals surface area contributed by atoms with Gasteiger partial charge in [0.05, 0.1) is 35.0 Å². The SMILES string of the molecule is Cc1nn(Cc2ccc(F)cc2C#N)c(C)c1-c1c(C(N)=O)nc2cc(F)ccc2c1C(N)=O. The van der Waals surface area contributed by atoms with Gasteiger partial charge in [-0.2, -0.15) is 10.4 Å². The van der Waals surface area contributed by atoms with Crippen molar-refractivity contribution < 1.29 is 18.4 Å². The maximum atomic E-state index is 13.8. The predicted octanol–water partition coefficient (Wildman–Crippen LogP) is 3.11. The van der Waals surface area contributed by atoms with Crippen molar-refractivity contribution in [3.05, 3.63) is 81.8 Å². The van der Waals surface area contributed by atoms with Crippen LogP contribution in [0, 0.1) is 36.8 Å². The highest BCUT2D eigenvalue weighted by Crippen LogP contribution is 2.36. The molecule has 0 spiro atoms. The Balaban J connectivity index is 2.00. The number of pyridine rings is 1. The first-order chi connectivity index (χ1) is 16.1. The van der Waals surface area contributed by atoms with Crippen molar-refractivity contribution in [3.8, 4) is 17.2 Å². The van der Waals surface area contributed by atoms with Crippen LogP contribution in [0.15, 0.2) is 36.4 Å². The van der Waals surface area contributed by atoms with Crippen LogP contribution < -0.4 is 11.5 Å². The lowest BCUT2D eigenvalue weighted by molar-refractivity contribution is 0.0996. The van der Waals surface area contributed by atoms with Gasteiger partial charge in [0.15, 0.2) is 0 Å². The minimum absolute atomic E-state index is 0.0379. The number of benzene rings is 2. The first kappa shape index (κ1) is 22.5. The number of nitrogens with two attached hydrogens (primary N) is 2. The average molecular weight is 460 g/mol. The molecule has 8 nitrogen and oxygen atoms in total. The van der Waals surface area contributed by atoms with Gasteiger partial charge in [-0.3, -0.25) is 14.3 Å². The van der Waals surface area contributed by atoms with E-state index in [1.165, 1.54) is 18.2 Å². The van der Waals surface area contributed by atoms with Gasteiger partial charge in [0.25, 0.3) is 5.91 Å². The average Bonchev–Trinajstić information content (AvgIpc) is 3.05. The third-order valence-electron chi connectivity index (χ3n) is 5.57. The van der Waals surface area contributed by atoms with E-state index in [4.69, 9.17) is 11.5 Å². The van der Waals surface area contributed by atoms with Crippen LogP contribution in [-0.4, -0.2) is 26.6 Å². The molecule has 0 atom stereocenters. The summed E-state index contributed by atoms with van der Waals surface area (Å²) in [7, 11) is 0. The normalized spacial score (nSPS) is 10.9. The number of primary amides is 2. The molecule has 0 aliphatic carbocycles. The van der Waals surface area contributed by atoms with Crippen molar-refractivity contribution in [2.75, 3.05) is 0 Å². The molecular formula is C24H18F2N6O2. The molecule has 4 rings (SSSR count). The molecule has 0 saturated carbocycles. The van der Waals surface area contributed by atoms with Gasteiger partial charge in [0.2, 0.25) is 5.91 Å². The van der Waals surface area contributed by atoms with Crippen LogP contribution in [0.5, 0.6) is 0 Å². The molecular weight excluding hydrogens is 442 g/mol. The number of hydrogen-bond donors (Lipinski definition) is 2. The fourth-order valence-electron chi connectivity index (χ4n) is 4.08. The second-order valence-electron chi connectivity index (χ2n) is 7.72. The number of fused-ring (bicyclic) bond motifs is 1. The maximum absolute atomic E-state index is 13.8. The van der Waals surface area contributed by atoms with Crippen LogP contribution in [0.3, 0.4) is 0 Å². The van der Waals surface area contributed by atoms with Crippen molar-refractivity contribution in [1.29, 1.82) is 5.26 Å². The lowest BCUT2D eigenvalue weighted by Crippen LogP contribution is -2.21. The lowest BCUT2D eigenvalue weighted by Gasteiger charge is -2.15. The highest BCUT2D eigenvalue weighted by molar-refractivity contribution is 6.15. The predicted molar refractivity (Wildman–Crippen MR) is 120 cm³/mol. The maximum Gasteiger partial charge on any atom is 0.267 e. The molecule has 0 fully saturated rings. The zero-order chi connectivity index (χ0) is 24.7. The molecule has 10 heteroatoms. The fourth-order valence-corrected chi connectivity index (χ4v) is 4.08. The van der Waals surface area contributed by atoms with Gasteiger partial charge < -0.3 is 11.5 Å². The van der Waals surface area contributed by atoms with Gasteiger partial charge in [0, 0.05) is 28.3 Å². The van der Waals surface area contributed by atoms with E-state index < -0.39 is 23.4 Å².